The number of amides is 1. The van der Waals surface area contributed by atoms with Crippen LogP contribution in [0.4, 0.5) is 4.79 Å². The van der Waals surface area contributed by atoms with Crippen molar-refractivity contribution in [2.45, 2.75) is 58.5 Å². The fourth-order valence-corrected chi connectivity index (χ4v) is 4.30. The van der Waals surface area contributed by atoms with Gasteiger partial charge in [-0.05, 0) is 75.7 Å². The molecule has 0 N–H and O–H groups in total. The van der Waals surface area contributed by atoms with E-state index in [9.17, 15) is 4.79 Å². The molecule has 4 heteroatoms. The van der Waals surface area contributed by atoms with Gasteiger partial charge in [-0.25, -0.2) is 4.79 Å². The predicted molar refractivity (Wildman–Crippen MR) is 89.7 cm³/mol. The zero-order valence-electron chi connectivity index (χ0n) is 14.9. The highest BCUT2D eigenvalue weighted by atomic mass is 16.6. The fourth-order valence-electron chi connectivity index (χ4n) is 4.30. The van der Waals surface area contributed by atoms with Crippen LogP contribution < -0.4 is 0 Å². The van der Waals surface area contributed by atoms with Crippen LogP contribution in [0.3, 0.4) is 0 Å². The molecule has 3 saturated carbocycles. The maximum Gasteiger partial charge on any atom is 0.414 e. The molecular weight excluding hydrogens is 290 g/mol. The van der Waals surface area contributed by atoms with Crippen molar-refractivity contribution >= 4 is 6.09 Å². The van der Waals surface area contributed by atoms with E-state index >= 15 is 0 Å². The molecule has 0 bridgehead atoms. The van der Waals surface area contributed by atoms with E-state index in [0.29, 0.717) is 5.76 Å². The summed E-state index contributed by atoms with van der Waals surface area (Å²) in [5, 5.41) is 0. The molecule has 128 valence electrons. The van der Waals surface area contributed by atoms with Crippen molar-refractivity contribution in [2.75, 3.05) is 13.7 Å². The Morgan fingerprint density at radius 2 is 1.83 bits per heavy atom. The summed E-state index contributed by atoms with van der Waals surface area (Å²) < 4.78 is 11.0. The lowest BCUT2D eigenvalue weighted by Gasteiger charge is -2.22. The van der Waals surface area contributed by atoms with Gasteiger partial charge in [-0.1, -0.05) is 6.58 Å². The van der Waals surface area contributed by atoms with Crippen LogP contribution >= 0.6 is 0 Å². The predicted octanol–water partition coefficient (Wildman–Crippen LogP) is 4.48. The quantitative estimate of drug-likeness (QED) is 0.535. The Labute approximate surface area is 139 Å². The van der Waals surface area contributed by atoms with Gasteiger partial charge in [0.2, 0.25) is 0 Å². The molecule has 2 spiro atoms. The third-order valence-electron chi connectivity index (χ3n) is 5.68. The average Bonchev–Trinajstić information content (AvgIpc) is 3.33. The first-order valence-electron chi connectivity index (χ1n) is 8.66. The largest absolute Gasteiger partial charge is 0.494 e. The molecule has 0 atom stereocenters. The first-order chi connectivity index (χ1) is 10.7. The van der Waals surface area contributed by atoms with Gasteiger partial charge in [-0.2, -0.15) is 0 Å². The SMILES string of the molecule is C=C(/C=C\N(C)C(=O)OC(C)(C)C)OCCC1C2(CC2)C12CC2. The number of allylic oxidation sites excluding steroid dienone is 1. The second kappa shape index (κ2) is 5.29. The minimum atomic E-state index is -0.492. The monoisotopic (exact) mass is 319 g/mol. The van der Waals surface area contributed by atoms with E-state index in [0.717, 1.165) is 29.8 Å². The number of fused-ring (bicyclic) bond motifs is 1. The summed E-state index contributed by atoms with van der Waals surface area (Å²) in [5.41, 5.74) is 0.990. The van der Waals surface area contributed by atoms with Crippen LogP contribution in [0.25, 0.3) is 0 Å². The number of hydrogen-bond acceptors (Lipinski definition) is 3. The topological polar surface area (TPSA) is 38.8 Å². The van der Waals surface area contributed by atoms with Crippen molar-refractivity contribution in [3.05, 3.63) is 24.6 Å². The van der Waals surface area contributed by atoms with E-state index in [1.54, 1.807) is 19.3 Å². The molecule has 0 aromatic rings. The number of rotatable bonds is 6. The third-order valence-corrected chi connectivity index (χ3v) is 5.68. The lowest BCUT2D eigenvalue weighted by atomic mass is 10.2. The van der Waals surface area contributed by atoms with Crippen LogP contribution in [-0.2, 0) is 9.47 Å². The molecule has 0 aromatic heterocycles. The standard InChI is InChI=1S/C19H29NO3/c1-14(6-12-20(5)16(21)23-17(2,3)4)22-13-7-15-18(8-9-18)19(15)10-11-19/h6,12,15H,1,7-11,13H2,2-5H3/b12-6-. The average molecular weight is 319 g/mol. The van der Waals surface area contributed by atoms with E-state index in [4.69, 9.17) is 9.47 Å². The van der Waals surface area contributed by atoms with Gasteiger partial charge in [0.25, 0.3) is 0 Å². The van der Waals surface area contributed by atoms with Crippen LogP contribution in [0, 0.1) is 16.7 Å². The molecule has 1 amide bonds. The highest BCUT2D eigenvalue weighted by Gasteiger charge is 2.85. The normalized spacial score (nSPS) is 25.5. The summed E-state index contributed by atoms with van der Waals surface area (Å²) in [5.74, 6) is 1.49. The maximum absolute atomic E-state index is 11.8. The minimum absolute atomic E-state index is 0.383. The minimum Gasteiger partial charge on any atom is -0.494 e. The van der Waals surface area contributed by atoms with E-state index in [1.165, 1.54) is 30.6 Å². The van der Waals surface area contributed by atoms with Crippen molar-refractivity contribution in [1.82, 2.24) is 4.90 Å². The van der Waals surface area contributed by atoms with Gasteiger partial charge in [-0.3, -0.25) is 4.90 Å². The van der Waals surface area contributed by atoms with Gasteiger partial charge in [0.1, 0.15) is 11.4 Å². The van der Waals surface area contributed by atoms with Gasteiger partial charge in [0.15, 0.2) is 0 Å². The van der Waals surface area contributed by atoms with Gasteiger partial charge in [-0.15, -0.1) is 0 Å². The van der Waals surface area contributed by atoms with E-state index in [-0.39, 0.29) is 6.09 Å². The van der Waals surface area contributed by atoms with Gasteiger partial charge >= 0.3 is 6.09 Å². The molecule has 0 unspecified atom stereocenters. The Bertz CT molecular complexity index is 517. The Balaban J connectivity index is 1.35. The summed E-state index contributed by atoms with van der Waals surface area (Å²) in [6.45, 7) is 10.2. The van der Waals surface area contributed by atoms with Crippen molar-refractivity contribution in [1.29, 1.82) is 0 Å². The number of carbonyl (C=O) groups is 1. The van der Waals surface area contributed by atoms with E-state index < -0.39 is 5.60 Å². The van der Waals surface area contributed by atoms with Crippen LogP contribution in [-0.4, -0.2) is 30.2 Å². The first kappa shape index (κ1) is 16.4. The Kier molecular flexibility index (Phi) is 3.77. The molecule has 3 rings (SSSR count). The summed E-state index contributed by atoms with van der Waals surface area (Å²) in [4.78, 5) is 13.2. The number of hydrogen-bond donors (Lipinski definition) is 0. The first-order valence-corrected chi connectivity index (χ1v) is 8.66. The Hall–Kier alpha value is -1.45. The van der Waals surface area contributed by atoms with Crippen molar-refractivity contribution in [3.8, 4) is 0 Å². The van der Waals surface area contributed by atoms with Crippen molar-refractivity contribution in [2.24, 2.45) is 16.7 Å². The lowest BCUT2D eigenvalue weighted by Crippen LogP contribution is -2.31. The molecule has 0 radical (unpaired) electrons. The second-order valence-corrected chi connectivity index (χ2v) is 8.38. The molecule has 0 aromatic carbocycles. The summed E-state index contributed by atoms with van der Waals surface area (Å²) in [6, 6.07) is 0. The molecule has 3 aliphatic carbocycles. The zero-order chi connectivity index (χ0) is 16.9. The van der Waals surface area contributed by atoms with Gasteiger partial charge in [0.05, 0.1) is 6.61 Å². The molecule has 23 heavy (non-hydrogen) atoms. The number of ether oxygens (including phenoxy) is 2. The lowest BCUT2D eigenvalue weighted by molar-refractivity contribution is 0.0371. The smallest absolute Gasteiger partial charge is 0.414 e. The van der Waals surface area contributed by atoms with E-state index in [1.807, 2.05) is 20.8 Å². The molecular formula is C19H29NO3. The van der Waals surface area contributed by atoms with Crippen LogP contribution in [0.2, 0.25) is 0 Å². The van der Waals surface area contributed by atoms with Crippen molar-refractivity contribution < 1.29 is 14.3 Å². The van der Waals surface area contributed by atoms with Crippen LogP contribution in [0.1, 0.15) is 52.9 Å². The maximum atomic E-state index is 11.8. The van der Waals surface area contributed by atoms with Crippen molar-refractivity contribution in [3.63, 3.8) is 0 Å². The Morgan fingerprint density at radius 1 is 1.26 bits per heavy atom. The fraction of sp³-hybridized carbons (Fsp3) is 0.737. The van der Waals surface area contributed by atoms with E-state index in [2.05, 4.69) is 6.58 Å². The van der Waals surface area contributed by atoms with Crippen LogP contribution in [0.15, 0.2) is 24.6 Å². The summed E-state index contributed by atoms with van der Waals surface area (Å²) in [7, 11) is 1.66. The van der Waals surface area contributed by atoms with Crippen LogP contribution in [0.5, 0.6) is 0 Å². The zero-order valence-corrected chi connectivity index (χ0v) is 14.9. The second-order valence-electron chi connectivity index (χ2n) is 8.38. The molecule has 3 fully saturated rings. The molecule has 3 aliphatic rings. The highest BCUT2D eigenvalue weighted by molar-refractivity contribution is 5.69. The van der Waals surface area contributed by atoms with Gasteiger partial charge in [0, 0.05) is 13.2 Å². The summed E-state index contributed by atoms with van der Waals surface area (Å²) in [6.07, 6.45) is 9.89. The summed E-state index contributed by atoms with van der Waals surface area (Å²) >= 11 is 0. The molecule has 4 nitrogen and oxygen atoms in total. The molecule has 0 heterocycles. The highest BCUT2D eigenvalue weighted by Crippen LogP contribution is 2.93. The van der Waals surface area contributed by atoms with Gasteiger partial charge < -0.3 is 9.47 Å². The molecule has 0 aliphatic heterocycles. The Morgan fingerprint density at radius 3 is 2.30 bits per heavy atom. The third kappa shape index (κ3) is 3.13. The number of nitrogens with zero attached hydrogens (tertiary/aromatic N) is 1. The molecule has 0 saturated heterocycles. The number of carbonyl (C=O) groups excluding carboxylic acids is 1.